The summed E-state index contributed by atoms with van der Waals surface area (Å²) in [4.78, 5) is 11.3. The van der Waals surface area contributed by atoms with E-state index >= 15 is 0 Å². The van der Waals surface area contributed by atoms with E-state index < -0.39 is 16.0 Å². The molecule has 2 heterocycles. The molecule has 1 aliphatic heterocycles. The Hall–Kier alpha value is -2.09. The van der Waals surface area contributed by atoms with Crippen LogP contribution >= 0.6 is 0 Å². The van der Waals surface area contributed by atoms with Gasteiger partial charge in [-0.15, -0.1) is 0 Å². The molecule has 0 unspecified atom stereocenters. The summed E-state index contributed by atoms with van der Waals surface area (Å²) in [5.74, 6) is -0.994. The number of fused-ring (bicyclic) bond motifs is 1. The van der Waals surface area contributed by atoms with Crippen LogP contribution in [0.1, 0.15) is 23.7 Å². The van der Waals surface area contributed by atoms with Crippen LogP contribution in [0.2, 0.25) is 0 Å². The van der Waals surface area contributed by atoms with Crippen LogP contribution in [-0.2, 0) is 16.6 Å². The molecule has 7 nitrogen and oxygen atoms in total. The van der Waals surface area contributed by atoms with Gasteiger partial charge < -0.3 is 5.11 Å². The summed E-state index contributed by atoms with van der Waals surface area (Å²) in [6, 6.07) is 2.94. The zero-order chi connectivity index (χ0) is 15.2. The number of benzene rings is 1. The molecule has 0 aliphatic carbocycles. The molecule has 0 bridgehead atoms. The highest BCUT2D eigenvalue weighted by atomic mass is 32.2. The van der Waals surface area contributed by atoms with Crippen LogP contribution in [0.15, 0.2) is 18.3 Å². The number of carboxylic acid groups (broad SMARTS) is 1. The van der Waals surface area contributed by atoms with Gasteiger partial charge in [-0.05, 0) is 25.5 Å². The van der Waals surface area contributed by atoms with Crippen LogP contribution < -0.4 is 4.31 Å². The number of hydrogen-bond acceptors (Lipinski definition) is 4. The Bertz CT molecular complexity index is 825. The molecule has 21 heavy (non-hydrogen) atoms. The number of sulfonamides is 1. The maximum atomic E-state index is 12.1. The first-order valence-electron chi connectivity index (χ1n) is 6.67. The monoisotopic (exact) mass is 309 g/mol. The van der Waals surface area contributed by atoms with Crippen molar-refractivity contribution in [3.8, 4) is 0 Å². The van der Waals surface area contributed by atoms with Crippen molar-refractivity contribution in [1.29, 1.82) is 0 Å². The Balaban J connectivity index is 2.30. The third-order valence-electron chi connectivity index (χ3n) is 3.66. The van der Waals surface area contributed by atoms with Crippen molar-refractivity contribution in [1.82, 2.24) is 9.78 Å². The van der Waals surface area contributed by atoms with E-state index in [1.807, 2.05) is 6.92 Å². The van der Waals surface area contributed by atoms with Gasteiger partial charge in [0, 0.05) is 18.5 Å². The van der Waals surface area contributed by atoms with Crippen LogP contribution in [0.5, 0.6) is 0 Å². The summed E-state index contributed by atoms with van der Waals surface area (Å²) < 4.78 is 27.2. The first-order valence-corrected chi connectivity index (χ1v) is 8.28. The van der Waals surface area contributed by atoms with Crippen molar-refractivity contribution >= 4 is 32.6 Å². The van der Waals surface area contributed by atoms with Crippen LogP contribution in [0, 0.1) is 0 Å². The molecule has 1 aliphatic rings. The first-order chi connectivity index (χ1) is 9.94. The summed E-state index contributed by atoms with van der Waals surface area (Å²) >= 11 is 0. The Labute approximate surface area is 121 Å². The smallest absolute Gasteiger partial charge is 0.335 e. The number of carboxylic acids is 1. The van der Waals surface area contributed by atoms with Gasteiger partial charge in [-0.25, -0.2) is 13.2 Å². The summed E-state index contributed by atoms with van der Waals surface area (Å²) in [6.45, 7) is 2.85. The number of aryl methyl sites for hydroxylation is 1. The largest absolute Gasteiger partial charge is 0.478 e. The number of hydrogen-bond donors (Lipinski definition) is 1. The number of aromatic nitrogens is 2. The van der Waals surface area contributed by atoms with Gasteiger partial charge in [0.15, 0.2) is 0 Å². The lowest BCUT2D eigenvalue weighted by atomic mass is 10.1. The third-order valence-corrected chi connectivity index (χ3v) is 5.51. The molecule has 8 heteroatoms. The Morgan fingerprint density at radius 3 is 2.76 bits per heavy atom. The lowest BCUT2D eigenvalue weighted by molar-refractivity contribution is 0.0697. The van der Waals surface area contributed by atoms with E-state index in [-0.39, 0.29) is 11.3 Å². The minimum Gasteiger partial charge on any atom is -0.478 e. The molecule has 1 aromatic carbocycles. The average molecular weight is 309 g/mol. The van der Waals surface area contributed by atoms with Crippen LogP contribution in [-0.4, -0.2) is 41.6 Å². The molecule has 2 aromatic rings. The maximum absolute atomic E-state index is 12.1. The van der Waals surface area contributed by atoms with E-state index in [0.717, 1.165) is 0 Å². The van der Waals surface area contributed by atoms with Crippen molar-refractivity contribution in [2.45, 2.75) is 19.9 Å². The van der Waals surface area contributed by atoms with E-state index in [2.05, 4.69) is 5.10 Å². The fraction of sp³-hybridized carbons (Fsp3) is 0.385. The SMILES string of the molecule is CCn1ncc2c(N3CCCS3(=O)=O)cc(C(=O)O)cc21. The molecule has 0 atom stereocenters. The van der Waals surface area contributed by atoms with Crippen molar-refractivity contribution in [2.75, 3.05) is 16.6 Å². The van der Waals surface area contributed by atoms with Gasteiger partial charge in [0.1, 0.15) is 0 Å². The highest BCUT2D eigenvalue weighted by molar-refractivity contribution is 7.93. The predicted octanol–water partition coefficient (Wildman–Crippen LogP) is 1.29. The quantitative estimate of drug-likeness (QED) is 0.922. The van der Waals surface area contributed by atoms with Crippen molar-refractivity contribution in [3.05, 3.63) is 23.9 Å². The molecule has 0 radical (unpaired) electrons. The fourth-order valence-corrected chi connectivity index (χ4v) is 4.22. The number of anilines is 1. The zero-order valence-corrected chi connectivity index (χ0v) is 12.3. The summed E-state index contributed by atoms with van der Waals surface area (Å²) in [7, 11) is -3.37. The van der Waals surface area contributed by atoms with E-state index in [9.17, 15) is 18.3 Å². The first kappa shape index (κ1) is 13.9. The predicted molar refractivity (Wildman–Crippen MR) is 78.1 cm³/mol. The zero-order valence-electron chi connectivity index (χ0n) is 11.5. The maximum Gasteiger partial charge on any atom is 0.335 e. The summed E-state index contributed by atoms with van der Waals surface area (Å²) in [6.07, 6.45) is 2.14. The second kappa shape index (κ2) is 4.73. The molecule has 0 saturated carbocycles. The van der Waals surface area contributed by atoms with Gasteiger partial charge >= 0.3 is 5.97 Å². The molecule has 112 valence electrons. The summed E-state index contributed by atoms with van der Waals surface area (Å²) in [5.41, 5.74) is 1.10. The average Bonchev–Trinajstić information content (AvgIpc) is 3.00. The molecule has 0 amide bonds. The van der Waals surface area contributed by atoms with Crippen molar-refractivity contribution in [3.63, 3.8) is 0 Å². The van der Waals surface area contributed by atoms with Gasteiger partial charge in [-0.2, -0.15) is 5.10 Å². The number of nitrogens with zero attached hydrogens (tertiary/aromatic N) is 3. The Morgan fingerprint density at radius 1 is 1.43 bits per heavy atom. The van der Waals surface area contributed by atoms with Gasteiger partial charge in [-0.1, -0.05) is 0 Å². The summed E-state index contributed by atoms with van der Waals surface area (Å²) in [5, 5.41) is 14.1. The van der Waals surface area contributed by atoms with Crippen molar-refractivity contribution < 1.29 is 18.3 Å². The Kier molecular flexibility index (Phi) is 3.12. The number of rotatable bonds is 3. The van der Waals surface area contributed by atoms with Gasteiger partial charge in [0.2, 0.25) is 10.0 Å². The number of carbonyl (C=O) groups is 1. The normalized spacial score (nSPS) is 17.5. The molecule has 1 saturated heterocycles. The standard InChI is InChI=1S/C13H15N3O4S/c1-2-15-11-6-9(13(17)18)7-12(10(11)8-14-15)16-4-3-5-21(16,19)20/h6-8H,2-5H2,1H3,(H,17,18). The molecule has 1 fully saturated rings. The highest BCUT2D eigenvalue weighted by Crippen LogP contribution is 2.33. The molecular formula is C13H15N3O4S. The second-order valence-corrected chi connectivity index (χ2v) is 6.95. The molecule has 1 N–H and O–H groups in total. The van der Waals surface area contributed by atoms with Crippen LogP contribution in [0.25, 0.3) is 10.9 Å². The van der Waals surface area contributed by atoms with Crippen molar-refractivity contribution in [2.24, 2.45) is 0 Å². The van der Waals surface area contributed by atoms with Gasteiger partial charge in [-0.3, -0.25) is 8.99 Å². The van der Waals surface area contributed by atoms with E-state index in [4.69, 9.17) is 0 Å². The second-order valence-electron chi connectivity index (χ2n) is 4.94. The van der Waals surface area contributed by atoms with Crippen LogP contribution in [0.3, 0.4) is 0 Å². The minimum absolute atomic E-state index is 0.0646. The van der Waals surface area contributed by atoms with Crippen LogP contribution in [0.4, 0.5) is 5.69 Å². The minimum atomic E-state index is -3.37. The number of aromatic carboxylic acids is 1. The Morgan fingerprint density at radius 2 is 2.19 bits per heavy atom. The fourth-order valence-electron chi connectivity index (χ4n) is 2.65. The lowest BCUT2D eigenvalue weighted by Crippen LogP contribution is -2.25. The molecule has 0 spiro atoms. The van der Waals surface area contributed by atoms with Gasteiger partial charge in [0.05, 0.1) is 28.7 Å². The molecular weight excluding hydrogens is 294 g/mol. The molecule has 3 rings (SSSR count). The van der Waals surface area contributed by atoms with Gasteiger partial charge in [0.25, 0.3) is 0 Å². The topological polar surface area (TPSA) is 92.5 Å². The third kappa shape index (κ3) is 2.15. The lowest BCUT2D eigenvalue weighted by Gasteiger charge is -2.18. The highest BCUT2D eigenvalue weighted by Gasteiger charge is 2.30. The molecule has 1 aromatic heterocycles. The van der Waals surface area contributed by atoms with E-state index in [0.29, 0.717) is 36.1 Å². The van der Waals surface area contributed by atoms with E-state index in [1.54, 1.807) is 10.9 Å². The van der Waals surface area contributed by atoms with E-state index in [1.165, 1.54) is 16.4 Å².